The topological polar surface area (TPSA) is 52.9 Å². The number of amides is 1. The third kappa shape index (κ3) is 3.39. The molecule has 0 aliphatic carbocycles. The van der Waals surface area contributed by atoms with Gasteiger partial charge in [0, 0.05) is 5.69 Å². The molecule has 0 heterocycles. The molecule has 0 aliphatic rings. The molecular formula is C17H24N2O. The number of carbonyl (C=O) groups excluding carboxylic acids is 1. The highest BCUT2D eigenvalue weighted by molar-refractivity contribution is 5.95. The van der Waals surface area contributed by atoms with Gasteiger partial charge in [0.05, 0.1) is 17.9 Å². The number of anilines is 1. The molecule has 0 fully saturated rings. The molecule has 1 aromatic carbocycles. The molecule has 0 aliphatic heterocycles. The Hall–Kier alpha value is -1.82. The number of nitriles is 1. The lowest BCUT2D eigenvalue weighted by molar-refractivity contribution is -0.129. The van der Waals surface area contributed by atoms with Crippen LogP contribution >= 0.6 is 0 Å². The molecule has 3 heteroatoms. The van der Waals surface area contributed by atoms with Crippen LogP contribution in [-0.2, 0) is 11.2 Å². The Morgan fingerprint density at radius 3 is 2.10 bits per heavy atom. The summed E-state index contributed by atoms with van der Waals surface area (Å²) in [5.41, 5.74) is 1.34. The molecule has 0 aromatic heterocycles. The third-order valence-electron chi connectivity index (χ3n) is 4.38. The van der Waals surface area contributed by atoms with Crippen LogP contribution in [0.3, 0.4) is 0 Å². The summed E-state index contributed by atoms with van der Waals surface area (Å²) in [4.78, 5) is 12.6. The van der Waals surface area contributed by atoms with Crippen LogP contribution in [0, 0.1) is 28.6 Å². The fourth-order valence-corrected chi connectivity index (χ4v) is 2.25. The van der Waals surface area contributed by atoms with Gasteiger partial charge in [-0.2, -0.15) is 5.26 Å². The fourth-order valence-electron chi connectivity index (χ4n) is 2.25. The molecule has 1 amide bonds. The first-order valence-corrected chi connectivity index (χ1v) is 7.09. The lowest BCUT2D eigenvalue weighted by atomic mass is 9.70. The largest absolute Gasteiger partial charge is 0.326 e. The van der Waals surface area contributed by atoms with Gasteiger partial charge in [0.2, 0.25) is 5.91 Å². The van der Waals surface area contributed by atoms with E-state index in [9.17, 15) is 4.79 Å². The van der Waals surface area contributed by atoms with E-state index in [0.717, 1.165) is 11.3 Å². The van der Waals surface area contributed by atoms with Gasteiger partial charge in [0.15, 0.2) is 0 Å². The van der Waals surface area contributed by atoms with Crippen LogP contribution in [0.2, 0.25) is 0 Å². The molecule has 0 saturated carbocycles. The van der Waals surface area contributed by atoms with E-state index >= 15 is 0 Å². The Labute approximate surface area is 122 Å². The molecule has 1 aromatic rings. The van der Waals surface area contributed by atoms with Crippen molar-refractivity contribution >= 4 is 11.6 Å². The second kappa shape index (κ2) is 6.56. The van der Waals surface area contributed by atoms with E-state index in [1.807, 2.05) is 31.2 Å². The van der Waals surface area contributed by atoms with Crippen LogP contribution in [0.5, 0.6) is 0 Å². The van der Waals surface area contributed by atoms with E-state index in [1.165, 1.54) is 0 Å². The number of carbonyl (C=O) groups is 1. The van der Waals surface area contributed by atoms with Crippen LogP contribution in [0.1, 0.15) is 40.2 Å². The highest BCUT2D eigenvalue weighted by Crippen LogP contribution is 2.36. The summed E-state index contributed by atoms with van der Waals surface area (Å²) in [5.74, 6) is 0.580. The van der Waals surface area contributed by atoms with E-state index < -0.39 is 5.41 Å². The zero-order valence-electron chi connectivity index (χ0n) is 13.0. The zero-order chi connectivity index (χ0) is 15.3. The number of hydrogen-bond acceptors (Lipinski definition) is 2. The van der Waals surface area contributed by atoms with Gasteiger partial charge in [-0.05, 0) is 29.5 Å². The van der Waals surface area contributed by atoms with Crippen LogP contribution < -0.4 is 5.32 Å². The summed E-state index contributed by atoms with van der Waals surface area (Å²) >= 11 is 0. The van der Waals surface area contributed by atoms with Crippen molar-refractivity contribution in [1.82, 2.24) is 0 Å². The zero-order valence-corrected chi connectivity index (χ0v) is 13.0. The van der Waals surface area contributed by atoms with Crippen molar-refractivity contribution in [3.8, 4) is 6.07 Å². The van der Waals surface area contributed by atoms with Crippen molar-refractivity contribution in [3.63, 3.8) is 0 Å². The lowest BCUT2D eigenvalue weighted by Crippen LogP contribution is -2.42. The molecule has 0 radical (unpaired) electrons. The van der Waals surface area contributed by atoms with Gasteiger partial charge in [0.1, 0.15) is 0 Å². The molecule has 1 N–H and O–H groups in total. The molecule has 3 nitrogen and oxygen atoms in total. The molecule has 0 atom stereocenters. The standard InChI is InChI=1S/C17H24N2O/c1-12(2)17(5,13(3)4)16(20)19-15-8-6-14(7-9-15)10-11-18/h6-9,12-13H,10H2,1-5H3,(H,19,20). The van der Waals surface area contributed by atoms with Gasteiger partial charge >= 0.3 is 0 Å². The predicted octanol–water partition coefficient (Wildman–Crippen LogP) is 4.01. The predicted molar refractivity (Wildman–Crippen MR) is 82.2 cm³/mol. The van der Waals surface area contributed by atoms with Crippen LogP contribution in [0.25, 0.3) is 0 Å². The Morgan fingerprint density at radius 2 is 1.70 bits per heavy atom. The van der Waals surface area contributed by atoms with E-state index in [-0.39, 0.29) is 17.7 Å². The third-order valence-corrected chi connectivity index (χ3v) is 4.38. The smallest absolute Gasteiger partial charge is 0.230 e. The summed E-state index contributed by atoms with van der Waals surface area (Å²) in [6.45, 7) is 10.3. The van der Waals surface area contributed by atoms with Gasteiger partial charge in [-0.25, -0.2) is 0 Å². The molecule has 0 saturated heterocycles. The van der Waals surface area contributed by atoms with E-state index in [4.69, 9.17) is 5.26 Å². The first kappa shape index (κ1) is 16.2. The maximum Gasteiger partial charge on any atom is 0.230 e. The minimum absolute atomic E-state index is 0.0514. The van der Waals surface area contributed by atoms with Crippen LogP contribution in [0.15, 0.2) is 24.3 Å². The number of hydrogen-bond donors (Lipinski definition) is 1. The SMILES string of the molecule is CC(C)C(C)(C(=O)Nc1ccc(CC#N)cc1)C(C)C. The monoisotopic (exact) mass is 272 g/mol. The summed E-state index contributed by atoms with van der Waals surface area (Å²) in [6, 6.07) is 9.57. The molecule has 0 spiro atoms. The average molecular weight is 272 g/mol. The maximum atomic E-state index is 12.6. The van der Waals surface area contributed by atoms with Gasteiger partial charge in [-0.15, -0.1) is 0 Å². The van der Waals surface area contributed by atoms with Crippen molar-refractivity contribution in [3.05, 3.63) is 29.8 Å². The minimum atomic E-state index is -0.397. The van der Waals surface area contributed by atoms with Crippen molar-refractivity contribution in [2.24, 2.45) is 17.3 Å². The van der Waals surface area contributed by atoms with Crippen molar-refractivity contribution in [1.29, 1.82) is 5.26 Å². The fraction of sp³-hybridized carbons (Fsp3) is 0.529. The van der Waals surface area contributed by atoms with Gasteiger partial charge in [-0.3, -0.25) is 4.79 Å². The summed E-state index contributed by atoms with van der Waals surface area (Å²) < 4.78 is 0. The van der Waals surface area contributed by atoms with E-state index in [1.54, 1.807) is 0 Å². The van der Waals surface area contributed by atoms with E-state index in [0.29, 0.717) is 6.42 Å². The number of nitrogens with zero attached hydrogens (tertiary/aromatic N) is 1. The lowest BCUT2D eigenvalue weighted by Gasteiger charge is -2.36. The number of nitrogens with one attached hydrogen (secondary N) is 1. The molecule has 1 rings (SSSR count). The second-order valence-electron chi connectivity index (χ2n) is 6.08. The normalized spacial score (nSPS) is 11.5. The van der Waals surface area contributed by atoms with Crippen LogP contribution in [0.4, 0.5) is 5.69 Å². The number of benzene rings is 1. The van der Waals surface area contributed by atoms with Crippen LogP contribution in [-0.4, -0.2) is 5.91 Å². The Kier molecular flexibility index (Phi) is 5.33. The Balaban J connectivity index is 2.87. The first-order chi connectivity index (χ1) is 9.32. The van der Waals surface area contributed by atoms with Crippen molar-refractivity contribution < 1.29 is 4.79 Å². The van der Waals surface area contributed by atoms with E-state index in [2.05, 4.69) is 39.1 Å². The second-order valence-corrected chi connectivity index (χ2v) is 6.08. The molecule has 20 heavy (non-hydrogen) atoms. The Morgan fingerprint density at radius 1 is 1.20 bits per heavy atom. The minimum Gasteiger partial charge on any atom is -0.326 e. The quantitative estimate of drug-likeness (QED) is 0.880. The van der Waals surface area contributed by atoms with Crippen molar-refractivity contribution in [2.75, 3.05) is 5.32 Å². The summed E-state index contributed by atoms with van der Waals surface area (Å²) in [6.07, 6.45) is 0.393. The van der Waals surface area contributed by atoms with Gasteiger partial charge in [0.25, 0.3) is 0 Å². The van der Waals surface area contributed by atoms with Gasteiger partial charge in [-0.1, -0.05) is 46.8 Å². The molecular weight excluding hydrogens is 248 g/mol. The van der Waals surface area contributed by atoms with Gasteiger partial charge < -0.3 is 5.32 Å². The average Bonchev–Trinajstić information content (AvgIpc) is 2.39. The highest BCUT2D eigenvalue weighted by Gasteiger charge is 2.39. The summed E-state index contributed by atoms with van der Waals surface area (Å²) in [5, 5.41) is 11.6. The molecule has 108 valence electrons. The summed E-state index contributed by atoms with van der Waals surface area (Å²) in [7, 11) is 0. The van der Waals surface area contributed by atoms with Crippen molar-refractivity contribution in [2.45, 2.75) is 41.0 Å². The first-order valence-electron chi connectivity index (χ1n) is 7.09. The maximum absolute atomic E-state index is 12.6. The Bertz CT molecular complexity index is 487. The highest BCUT2D eigenvalue weighted by atomic mass is 16.2. The number of rotatable bonds is 5. The molecule has 0 bridgehead atoms. The molecule has 0 unspecified atom stereocenters.